The summed E-state index contributed by atoms with van der Waals surface area (Å²) < 4.78 is 0. The Bertz CT molecular complexity index is 522. The van der Waals surface area contributed by atoms with Crippen LogP contribution in [0.4, 0.5) is 11.4 Å². The van der Waals surface area contributed by atoms with Gasteiger partial charge in [0.1, 0.15) is 0 Å². The van der Waals surface area contributed by atoms with Gasteiger partial charge in [-0.15, -0.1) is 0 Å². The maximum absolute atomic E-state index is 11.7. The van der Waals surface area contributed by atoms with Gasteiger partial charge in [-0.3, -0.25) is 9.59 Å². The molecule has 1 fully saturated rings. The molecule has 1 atom stereocenters. The van der Waals surface area contributed by atoms with Crippen LogP contribution >= 0.6 is 0 Å². The maximum Gasteiger partial charge on any atom is 0.227 e. The minimum atomic E-state index is -0.173. The summed E-state index contributed by atoms with van der Waals surface area (Å²) in [6.07, 6.45) is 2.21. The van der Waals surface area contributed by atoms with Crippen LogP contribution in [0.15, 0.2) is 18.2 Å². The van der Waals surface area contributed by atoms with Gasteiger partial charge in [-0.1, -0.05) is 6.07 Å². The van der Waals surface area contributed by atoms with Crippen LogP contribution in [-0.2, 0) is 9.59 Å². The van der Waals surface area contributed by atoms with E-state index in [1.165, 1.54) is 0 Å². The molecule has 5 heteroatoms. The van der Waals surface area contributed by atoms with E-state index in [-0.39, 0.29) is 30.2 Å². The van der Waals surface area contributed by atoms with E-state index in [1.54, 1.807) is 13.0 Å². The average molecular weight is 275 g/mol. The van der Waals surface area contributed by atoms with Gasteiger partial charge in [-0.05, 0) is 44.4 Å². The molecule has 0 aliphatic heterocycles. The zero-order chi connectivity index (χ0) is 14.7. The molecule has 1 aromatic carbocycles. The van der Waals surface area contributed by atoms with Crippen LogP contribution in [-0.4, -0.2) is 17.9 Å². The highest BCUT2D eigenvalue weighted by molar-refractivity contribution is 5.96. The van der Waals surface area contributed by atoms with Crippen LogP contribution in [0.1, 0.15) is 31.7 Å². The van der Waals surface area contributed by atoms with Crippen LogP contribution in [0, 0.1) is 12.8 Å². The summed E-state index contributed by atoms with van der Waals surface area (Å²) in [7, 11) is 0. The molecule has 2 rings (SSSR count). The summed E-state index contributed by atoms with van der Waals surface area (Å²) in [5.41, 5.74) is 7.98. The van der Waals surface area contributed by atoms with Crippen LogP contribution < -0.4 is 16.4 Å². The molecule has 108 valence electrons. The maximum atomic E-state index is 11.7. The minimum absolute atomic E-state index is 0.0571. The third-order valence-electron chi connectivity index (χ3n) is 3.23. The van der Waals surface area contributed by atoms with E-state index >= 15 is 0 Å². The Kier molecular flexibility index (Phi) is 4.39. The molecule has 20 heavy (non-hydrogen) atoms. The lowest BCUT2D eigenvalue weighted by molar-refractivity contribution is -0.117. The number of hydrogen-bond acceptors (Lipinski definition) is 3. The molecule has 1 saturated carbocycles. The van der Waals surface area contributed by atoms with E-state index in [2.05, 4.69) is 10.6 Å². The molecule has 0 saturated heterocycles. The van der Waals surface area contributed by atoms with Crippen LogP contribution in [0.5, 0.6) is 0 Å². The number of hydrogen-bond donors (Lipinski definition) is 3. The number of benzene rings is 1. The van der Waals surface area contributed by atoms with E-state index in [4.69, 9.17) is 5.73 Å². The number of rotatable bonds is 5. The molecule has 1 unspecified atom stereocenters. The van der Waals surface area contributed by atoms with Crippen molar-refractivity contribution in [2.45, 2.75) is 39.2 Å². The number of carbonyl (C=O) groups is 2. The second-order valence-corrected chi connectivity index (χ2v) is 5.52. The number of anilines is 2. The molecular weight excluding hydrogens is 254 g/mol. The van der Waals surface area contributed by atoms with Crippen molar-refractivity contribution in [2.75, 3.05) is 10.6 Å². The summed E-state index contributed by atoms with van der Waals surface area (Å²) in [6, 6.07) is 5.34. The summed E-state index contributed by atoms with van der Waals surface area (Å²) in [4.78, 5) is 23.5. The quantitative estimate of drug-likeness (QED) is 0.768. The number of aryl methyl sites for hydroxylation is 1. The van der Waals surface area contributed by atoms with Crippen molar-refractivity contribution in [2.24, 2.45) is 11.7 Å². The topological polar surface area (TPSA) is 84.2 Å². The number of nitrogens with one attached hydrogen (secondary N) is 2. The van der Waals surface area contributed by atoms with Gasteiger partial charge in [0.2, 0.25) is 11.8 Å². The Morgan fingerprint density at radius 3 is 2.65 bits per heavy atom. The van der Waals surface area contributed by atoms with E-state index in [0.29, 0.717) is 11.4 Å². The van der Waals surface area contributed by atoms with Gasteiger partial charge in [0.05, 0.1) is 0 Å². The molecule has 0 heterocycles. The zero-order valence-electron chi connectivity index (χ0n) is 11.9. The molecule has 5 nitrogen and oxygen atoms in total. The van der Waals surface area contributed by atoms with Gasteiger partial charge >= 0.3 is 0 Å². The molecule has 1 aromatic rings. The predicted octanol–water partition coefficient (Wildman–Crippen LogP) is 2.02. The molecule has 0 spiro atoms. The van der Waals surface area contributed by atoms with Gasteiger partial charge in [0.15, 0.2) is 0 Å². The van der Waals surface area contributed by atoms with Gasteiger partial charge in [0.25, 0.3) is 0 Å². The van der Waals surface area contributed by atoms with Crippen molar-refractivity contribution >= 4 is 23.2 Å². The van der Waals surface area contributed by atoms with Crippen molar-refractivity contribution in [1.29, 1.82) is 0 Å². The molecule has 0 radical (unpaired) electrons. The fraction of sp³-hybridized carbons (Fsp3) is 0.467. The lowest BCUT2D eigenvalue weighted by atomic mass is 10.1. The van der Waals surface area contributed by atoms with E-state index in [0.717, 1.165) is 18.4 Å². The fourth-order valence-corrected chi connectivity index (χ4v) is 1.92. The van der Waals surface area contributed by atoms with Crippen molar-refractivity contribution in [3.8, 4) is 0 Å². The summed E-state index contributed by atoms with van der Waals surface area (Å²) in [5, 5.41) is 5.70. The number of nitrogens with two attached hydrogens (primary N) is 1. The van der Waals surface area contributed by atoms with Gasteiger partial charge in [-0.25, -0.2) is 0 Å². The SMILES string of the molecule is Cc1ccc(NC(=O)C2CC2)cc1NC(=O)CC(C)N. The van der Waals surface area contributed by atoms with Crippen molar-refractivity contribution in [3.63, 3.8) is 0 Å². The van der Waals surface area contributed by atoms with Crippen LogP contribution in [0.3, 0.4) is 0 Å². The fourth-order valence-electron chi connectivity index (χ4n) is 1.92. The van der Waals surface area contributed by atoms with E-state index in [9.17, 15) is 9.59 Å². The molecule has 4 N–H and O–H groups in total. The first-order valence-electron chi connectivity index (χ1n) is 6.92. The van der Waals surface area contributed by atoms with Crippen LogP contribution in [0.25, 0.3) is 0 Å². The molecule has 2 amide bonds. The first kappa shape index (κ1) is 14.5. The second kappa shape index (κ2) is 6.05. The second-order valence-electron chi connectivity index (χ2n) is 5.52. The zero-order valence-corrected chi connectivity index (χ0v) is 11.9. The smallest absolute Gasteiger partial charge is 0.227 e. The Balaban J connectivity index is 2.03. The molecule has 1 aliphatic carbocycles. The van der Waals surface area contributed by atoms with E-state index in [1.807, 2.05) is 19.1 Å². The molecule has 0 bridgehead atoms. The molecular formula is C15H21N3O2. The first-order valence-corrected chi connectivity index (χ1v) is 6.92. The Labute approximate surface area is 118 Å². The minimum Gasteiger partial charge on any atom is -0.327 e. The standard InChI is InChI=1S/C15H21N3O2/c1-9-3-6-12(17-15(20)11-4-5-11)8-13(9)18-14(19)7-10(2)16/h3,6,8,10-11H,4-5,7,16H2,1-2H3,(H,17,20)(H,18,19). The van der Waals surface area contributed by atoms with Crippen molar-refractivity contribution < 1.29 is 9.59 Å². The number of amides is 2. The van der Waals surface area contributed by atoms with Crippen molar-refractivity contribution in [1.82, 2.24) is 0 Å². The van der Waals surface area contributed by atoms with Crippen molar-refractivity contribution in [3.05, 3.63) is 23.8 Å². The summed E-state index contributed by atoms with van der Waals surface area (Å²) in [6.45, 7) is 3.70. The highest BCUT2D eigenvalue weighted by Gasteiger charge is 2.29. The summed E-state index contributed by atoms with van der Waals surface area (Å²) in [5.74, 6) is 0.0999. The highest BCUT2D eigenvalue weighted by Crippen LogP contribution is 2.30. The Morgan fingerprint density at radius 2 is 2.05 bits per heavy atom. The monoisotopic (exact) mass is 275 g/mol. The summed E-state index contributed by atoms with van der Waals surface area (Å²) >= 11 is 0. The Morgan fingerprint density at radius 1 is 1.35 bits per heavy atom. The van der Waals surface area contributed by atoms with E-state index < -0.39 is 0 Å². The van der Waals surface area contributed by atoms with Gasteiger partial charge < -0.3 is 16.4 Å². The van der Waals surface area contributed by atoms with Crippen LogP contribution in [0.2, 0.25) is 0 Å². The highest BCUT2D eigenvalue weighted by atomic mass is 16.2. The van der Waals surface area contributed by atoms with Gasteiger partial charge in [0, 0.05) is 29.8 Å². The predicted molar refractivity (Wildman–Crippen MR) is 79.4 cm³/mol. The van der Waals surface area contributed by atoms with Gasteiger partial charge in [-0.2, -0.15) is 0 Å². The first-order chi connectivity index (χ1) is 9.45. The Hall–Kier alpha value is -1.88. The third-order valence-corrected chi connectivity index (χ3v) is 3.23. The average Bonchev–Trinajstić information content (AvgIpc) is 3.16. The lowest BCUT2D eigenvalue weighted by Crippen LogP contribution is -2.24. The molecule has 0 aromatic heterocycles. The molecule has 1 aliphatic rings. The largest absolute Gasteiger partial charge is 0.327 e. The lowest BCUT2D eigenvalue weighted by Gasteiger charge is -2.12. The number of carbonyl (C=O) groups excluding carboxylic acids is 2. The third kappa shape index (κ3) is 4.06. The normalized spacial score (nSPS) is 15.6.